The minimum Gasteiger partial charge on any atom is -0.454 e. The summed E-state index contributed by atoms with van der Waals surface area (Å²) in [6, 6.07) is 15.6. The number of carbonyl (C=O) groups excluding carboxylic acids is 2. The van der Waals surface area contributed by atoms with Crippen molar-refractivity contribution >= 4 is 44.2 Å². The molecule has 1 atom stereocenters. The number of ketones is 1. The Morgan fingerprint density at radius 1 is 1.14 bits per heavy atom. The van der Waals surface area contributed by atoms with Gasteiger partial charge in [-0.3, -0.25) is 9.59 Å². The molecule has 0 aliphatic carbocycles. The zero-order valence-corrected chi connectivity index (χ0v) is 16.3. The Morgan fingerprint density at radius 3 is 2.79 bits per heavy atom. The third-order valence-corrected chi connectivity index (χ3v) is 5.74. The quantitative estimate of drug-likeness (QED) is 0.358. The van der Waals surface area contributed by atoms with Crippen LogP contribution < -0.4 is 0 Å². The van der Waals surface area contributed by atoms with Crippen LogP contribution in [-0.4, -0.2) is 27.8 Å². The highest BCUT2D eigenvalue weighted by molar-refractivity contribution is 7.18. The van der Waals surface area contributed by atoms with Gasteiger partial charge in [0.15, 0.2) is 6.10 Å². The topological polar surface area (TPSA) is 72.0 Å². The largest absolute Gasteiger partial charge is 0.454 e. The van der Waals surface area contributed by atoms with Crippen LogP contribution in [0.15, 0.2) is 54.7 Å². The van der Waals surface area contributed by atoms with E-state index in [0.717, 1.165) is 32.5 Å². The number of fused-ring (bicyclic) bond motifs is 2. The lowest BCUT2D eigenvalue weighted by molar-refractivity contribution is -0.146. The van der Waals surface area contributed by atoms with Gasteiger partial charge in [-0.2, -0.15) is 0 Å². The molecule has 2 aromatic carbocycles. The van der Waals surface area contributed by atoms with E-state index in [0.29, 0.717) is 12.0 Å². The zero-order valence-electron chi connectivity index (χ0n) is 15.5. The van der Waals surface area contributed by atoms with Crippen molar-refractivity contribution in [3.63, 3.8) is 0 Å². The second kappa shape index (κ2) is 7.94. The van der Waals surface area contributed by atoms with Crippen molar-refractivity contribution in [2.24, 2.45) is 0 Å². The molecular formula is C22H20N2O3S. The second-order valence-corrected chi connectivity index (χ2v) is 7.79. The summed E-state index contributed by atoms with van der Waals surface area (Å²) in [5.41, 5.74) is 2.42. The normalized spacial score (nSPS) is 12.3. The van der Waals surface area contributed by atoms with Crippen LogP contribution in [0.4, 0.5) is 0 Å². The van der Waals surface area contributed by atoms with Gasteiger partial charge in [-0.1, -0.05) is 30.3 Å². The van der Waals surface area contributed by atoms with Crippen LogP contribution in [0.1, 0.15) is 35.1 Å². The van der Waals surface area contributed by atoms with E-state index in [9.17, 15) is 9.59 Å². The standard InChI is InChI=1S/C22H20N2O3S/c1-14(22(26)16-13-23-17-8-3-2-7-15(16)17)27-21(25)12-6-11-20-24-18-9-4-5-10-19(18)28-20/h2-5,7-10,13-14,23H,6,11-12H2,1H3/t14-/m0/s1. The molecule has 0 amide bonds. The van der Waals surface area contributed by atoms with Gasteiger partial charge in [0.05, 0.1) is 15.2 Å². The third-order valence-electron chi connectivity index (χ3n) is 4.64. The van der Waals surface area contributed by atoms with Gasteiger partial charge in [0, 0.05) is 29.1 Å². The molecule has 0 bridgehead atoms. The molecule has 5 nitrogen and oxygen atoms in total. The molecule has 0 saturated carbocycles. The molecule has 2 heterocycles. The number of benzene rings is 2. The first kappa shape index (κ1) is 18.4. The first-order valence-corrected chi connectivity index (χ1v) is 10.1. The second-order valence-electron chi connectivity index (χ2n) is 6.67. The Kier molecular flexibility index (Phi) is 5.21. The lowest BCUT2D eigenvalue weighted by atomic mass is 10.1. The van der Waals surface area contributed by atoms with E-state index in [-0.39, 0.29) is 18.2 Å². The van der Waals surface area contributed by atoms with Gasteiger partial charge in [-0.25, -0.2) is 4.98 Å². The summed E-state index contributed by atoms with van der Waals surface area (Å²) in [7, 11) is 0. The molecule has 0 unspecified atom stereocenters. The molecule has 6 heteroatoms. The molecule has 28 heavy (non-hydrogen) atoms. The summed E-state index contributed by atoms with van der Waals surface area (Å²) in [6.45, 7) is 1.62. The first-order chi connectivity index (χ1) is 13.6. The third kappa shape index (κ3) is 3.82. The number of H-pyrrole nitrogens is 1. The fourth-order valence-corrected chi connectivity index (χ4v) is 4.22. The number of aryl methyl sites for hydroxylation is 1. The highest BCUT2D eigenvalue weighted by atomic mass is 32.1. The van der Waals surface area contributed by atoms with E-state index in [1.54, 1.807) is 24.5 Å². The van der Waals surface area contributed by atoms with Crippen LogP contribution in [0.25, 0.3) is 21.1 Å². The highest BCUT2D eigenvalue weighted by Gasteiger charge is 2.22. The SMILES string of the molecule is C[C@H](OC(=O)CCCc1nc2ccccc2s1)C(=O)c1c[nH]c2ccccc12. The van der Waals surface area contributed by atoms with Crippen molar-refractivity contribution in [2.75, 3.05) is 0 Å². The van der Waals surface area contributed by atoms with Crippen LogP contribution in [-0.2, 0) is 16.0 Å². The number of nitrogens with zero attached hydrogens (tertiary/aromatic N) is 1. The number of ether oxygens (including phenoxy) is 1. The molecule has 0 aliphatic rings. The van der Waals surface area contributed by atoms with Crippen molar-refractivity contribution in [1.82, 2.24) is 9.97 Å². The van der Waals surface area contributed by atoms with Gasteiger partial charge >= 0.3 is 5.97 Å². The molecule has 0 aliphatic heterocycles. The number of thiazole rings is 1. The average Bonchev–Trinajstić information content (AvgIpc) is 3.31. The van der Waals surface area contributed by atoms with Crippen LogP contribution in [0, 0.1) is 0 Å². The van der Waals surface area contributed by atoms with Gasteiger partial charge < -0.3 is 9.72 Å². The summed E-state index contributed by atoms with van der Waals surface area (Å²) in [6.07, 6.45) is 2.49. The van der Waals surface area contributed by atoms with Gasteiger partial charge in [-0.15, -0.1) is 11.3 Å². The van der Waals surface area contributed by atoms with Crippen molar-refractivity contribution in [3.05, 3.63) is 65.3 Å². The lowest BCUT2D eigenvalue weighted by Crippen LogP contribution is -2.24. The predicted octanol–water partition coefficient (Wildman–Crippen LogP) is 4.91. The maximum Gasteiger partial charge on any atom is 0.306 e. The lowest BCUT2D eigenvalue weighted by Gasteiger charge is -2.11. The van der Waals surface area contributed by atoms with Gasteiger partial charge in [0.2, 0.25) is 5.78 Å². The molecule has 0 radical (unpaired) electrons. The molecule has 4 aromatic rings. The fourth-order valence-electron chi connectivity index (χ4n) is 3.21. The van der Waals surface area contributed by atoms with Crippen molar-refractivity contribution in [3.8, 4) is 0 Å². The van der Waals surface area contributed by atoms with E-state index in [4.69, 9.17) is 4.74 Å². The van der Waals surface area contributed by atoms with Gasteiger partial charge in [-0.05, 0) is 38.0 Å². The van der Waals surface area contributed by atoms with E-state index in [1.807, 2.05) is 48.5 Å². The predicted molar refractivity (Wildman–Crippen MR) is 111 cm³/mol. The number of rotatable bonds is 7. The number of aromatic amines is 1. The Labute approximate surface area is 166 Å². The summed E-state index contributed by atoms with van der Waals surface area (Å²) in [4.78, 5) is 32.4. The van der Waals surface area contributed by atoms with E-state index < -0.39 is 6.10 Å². The summed E-state index contributed by atoms with van der Waals surface area (Å²) >= 11 is 1.65. The van der Waals surface area contributed by atoms with Crippen LogP contribution >= 0.6 is 11.3 Å². The molecule has 0 fully saturated rings. The number of esters is 1. The van der Waals surface area contributed by atoms with Crippen molar-refractivity contribution in [1.29, 1.82) is 0 Å². The molecule has 4 rings (SSSR count). The Bertz CT molecular complexity index is 1110. The van der Waals surface area contributed by atoms with Crippen molar-refractivity contribution < 1.29 is 14.3 Å². The Hall–Kier alpha value is -2.99. The smallest absolute Gasteiger partial charge is 0.306 e. The number of hydrogen-bond acceptors (Lipinski definition) is 5. The number of aromatic nitrogens is 2. The number of hydrogen-bond donors (Lipinski definition) is 1. The number of nitrogens with one attached hydrogen (secondary N) is 1. The number of para-hydroxylation sites is 2. The van der Waals surface area contributed by atoms with Crippen LogP contribution in [0.3, 0.4) is 0 Å². The Balaban J connectivity index is 1.31. The summed E-state index contributed by atoms with van der Waals surface area (Å²) in [5, 5.41) is 1.85. The monoisotopic (exact) mass is 392 g/mol. The minimum absolute atomic E-state index is 0.197. The summed E-state index contributed by atoms with van der Waals surface area (Å²) in [5.74, 6) is -0.557. The summed E-state index contributed by atoms with van der Waals surface area (Å²) < 4.78 is 6.51. The molecule has 0 spiro atoms. The maximum absolute atomic E-state index is 12.6. The van der Waals surface area contributed by atoms with E-state index >= 15 is 0 Å². The first-order valence-electron chi connectivity index (χ1n) is 9.26. The molecule has 0 saturated heterocycles. The minimum atomic E-state index is -0.811. The maximum atomic E-state index is 12.6. The average molecular weight is 392 g/mol. The molecule has 1 N–H and O–H groups in total. The van der Waals surface area contributed by atoms with Crippen LogP contribution in [0.2, 0.25) is 0 Å². The molecular weight excluding hydrogens is 372 g/mol. The highest BCUT2D eigenvalue weighted by Crippen LogP contribution is 2.23. The van der Waals surface area contributed by atoms with E-state index in [2.05, 4.69) is 9.97 Å². The van der Waals surface area contributed by atoms with E-state index in [1.165, 1.54) is 0 Å². The molecule has 2 aromatic heterocycles. The fraction of sp³-hybridized carbons (Fsp3) is 0.227. The Morgan fingerprint density at radius 2 is 1.93 bits per heavy atom. The van der Waals surface area contributed by atoms with Gasteiger partial charge in [0.1, 0.15) is 0 Å². The van der Waals surface area contributed by atoms with Crippen LogP contribution in [0.5, 0.6) is 0 Å². The zero-order chi connectivity index (χ0) is 19.5. The van der Waals surface area contributed by atoms with Gasteiger partial charge in [0.25, 0.3) is 0 Å². The number of carbonyl (C=O) groups is 2. The number of Topliss-reactive ketones (excluding diaryl/α,β-unsaturated/α-hetero) is 1. The molecule has 142 valence electrons. The van der Waals surface area contributed by atoms with Crippen molar-refractivity contribution in [2.45, 2.75) is 32.3 Å².